The molecule has 0 spiro atoms. The van der Waals surface area contributed by atoms with Gasteiger partial charge in [-0.25, -0.2) is 21.6 Å². The van der Waals surface area contributed by atoms with Crippen molar-refractivity contribution in [3.63, 3.8) is 0 Å². The fraction of sp³-hybridized carbons (Fsp3) is 0.395. The zero-order valence-corrected chi connectivity index (χ0v) is 49.2. The van der Waals surface area contributed by atoms with Crippen LogP contribution in [-0.4, -0.2) is 113 Å². The molecule has 6 rings (SSSR count). The average molecular weight is 1140 g/mol. The van der Waals surface area contributed by atoms with E-state index >= 15 is 0 Å². The normalized spacial score (nSPS) is 15.5. The van der Waals surface area contributed by atoms with E-state index in [1.54, 1.807) is 42.5 Å². The van der Waals surface area contributed by atoms with Crippen molar-refractivity contribution in [1.29, 1.82) is 0 Å². The van der Waals surface area contributed by atoms with E-state index in [0.717, 1.165) is 59.6 Å². The smallest absolute Gasteiger partial charge is 0.426 e. The minimum atomic E-state index is -3.76. The Labute approximate surface area is 511 Å². The summed E-state index contributed by atoms with van der Waals surface area (Å²) in [5, 5.41) is 2.41. The Morgan fingerprint density at radius 3 is 1.57 bits per heavy atom. The van der Waals surface area contributed by atoms with E-state index in [1.165, 1.54) is 6.07 Å². The van der Waals surface area contributed by atoms with Gasteiger partial charge in [0.05, 0.1) is 36.2 Å². The van der Waals surface area contributed by atoms with Crippen molar-refractivity contribution in [2.75, 3.05) is 79.8 Å². The van der Waals surface area contributed by atoms with Crippen LogP contribution in [0.1, 0.15) is 54.0 Å². The Balaban J connectivity index is 0.00000103. The van der Waals surface area contributed by atoms with E-state index in [9.17, 15) is 26.0 Å². The maximum atomic E-state index is 12.7. The standard InChI is InChI=1S/C20H25Cl2N3O3S.C16H14Cl3NO2S.C4H12N2O.C2H2FO3.CH4.2K/c1-25-12-18(17-10-15(21)11-20(22)19(17)13-25)14-3-2-4-16(9-14)29(26,27)24-6-8-28-7-5-23;1-20-8-14(10-3-2-4-12(5-10)23(19,21)22)13-6-11(17)7-16(18)15(13)9-20;5-1-3-7-4-2-6;3-1-5-6-2-4;;;/h2-4,9-11,18,24H,5-8,12-13,23H2,1H3;2-7,14H,8-9H2,1H3;1-6H2;1-2H;1H4;;/q;;;-1;;2*+1/i;;;2D;;;. The summed E-state index contributed by atoms with van der Waals surface area (Å²) in [5.41, 5.74) is 21.5. The maximum Gasteiger partial charge on any atom is 1.00 e. The molecule has 0 amide bonds. The van der Waals surface area contributed by atoms with Gasteiger partial charge in [-0.2, -0.15) is 0 Å². The summed E-state index contributed by atoms with van der Waals surface area (Å²) in [4.78, 5) is 20.5. The van der Waals surface area contributed by atoms with Crippen LogP contribution < -0.4 is 125 Å². The molecule has 2 unspecified atom stereocenters. The van der Waals surface area contributed by atoms with E-state index in [1.807, 2.05) is 38.4 Å². The van der Waals surface area contributed by atoms with Crippen molar-refractivity contribution in [3.05, 3.63) is 133 Å². The van der Waals surface area contributed by atoms with Crippen LogP contribution in [0, 0.1) is 6.86 Å². The largest absolute Gasteiger partial charge is 1.00 e. The van der Waals surface area contributed by atoms with E-state index in [-0.39, 0.29) is 152 Å². The van der Waals surface area contributed by atoms with Crippen LogP contribution in [0.4, 0.5) is 4.39 Å². The summed E-state index contributed by atoms with van der Waals surface area (Å²) in [6.07, 6.45) is -1.44. The molecule has 0 radical (unpaired) electrons. The Hall–Kier alpha value is 0.543. The third-order valence-corrected chi connectivity index (χ3v) is 13.5. The van der Waals surface area contributed by atoms with Crippen molar-refractivity contribution in [2.24, 2.45) is 17.2 Å². The first kappa shape index (κ1) is 66.6. The van der Waals surface area contributed by atoms with Gasteiger partial charge < -0.3 is 50.6 Å². The van der Waals surface area contributed by atoms with E-state index in [0.29, 0.717) is 59.5 Å². The third-order valence-electron chi connectivity index (χ3n) is 9.54. The molecule has 0 saturated carbocycles. The number of nitrogens with one attached hydrogen (secondary N) is 1. The van der Waals surface area contributed by atoms with Gasteiger partial charge in [-0.3, -0.25) is 4.79 Å². The quantitative estimate of drug-likeness (QED) is 0.0235. The van der Waals surface area contributed by atoms with Gasteiger partial charge in [0.25, 0.3) is 9.05 Å². The molecular formula is C43H57Cl5FK2N6O9S2+. The molecule has 0 bridgehead atoms. The number of ether oxygens (including phenoxy) is 2. The first-order valence-corrected chi connectivity index (χ1v) is 25.0. The number of sulfonamides is 1. The molecule has 0 fully saturated rings. The number of benzene rings is 4. The van der Waals surface area contributed by atoms with E-state index in [4.69, 9.17) is 85.1 Å². The summed E-state index contributed by atoms with van der Waals surface area (Å²) in [6, 6.07) is 21.0. The predicted octanol–water partition coefficient (Wildman–Crippen LogP) is 1.07. The van der Waals surface area contributed by atoms with Gasteiger partial charge in [0.2, 0.25) is 10.0 Å². The Morgan fingerprint density at radius 2 is 1.18 bits per heavy atom. The number of fused-ring (bicyclic) bond motifs is 2. The molecule has 2 aliphatic heterocycles. The molecule has 0 saturated heterocycles. The first-order valence-electron chi connectivity index (χ1n) is 20.2. The van der Waals surface area contributed by atoms with Crippen molar-refractivity contribution < 1.29 is 149 Å². The molecule has 68 heavy (non-hydrogen) atoms. The Bertz CT molecular complexity index is 2430. The molecule has 0 aromatic heterocycles. The van der Waals surface area contributed by atoms with Crippen molar-refractivity contribution >= 4 is 82.6 Å². The van der Waals surface area contributed by atoms with Gasteiger partial charge in [0.15, 0.2) is 1.37 Å². The summed E-state index contributed by atoms with van der Waals surface area (Å²) < 4.78 is 77.8. The molecule has 368 valence electrons. The van der Waals surface area contributed by atoms with Crippen molar-refractivity contribution in [3.8, 4) is 0 Å². The van der Waals surface area contributed by atoms with Crippen molar-refractivity contribution in [1.82, 2.24) is 14.5 Å². The monoisotopic (exact) mass is 1140 g/mol. The second kappa shape index (κ2) is 35.7. The van der Waals surface area contributed by atoms with E-state index in [2.05, 4.69) is 24.3 Å². The molecule has 25 heteroatoms. The molecule has 7 N–H and O–H groups in total. The second-order valence-corrected chi connectivity index (χ2v) is 20.4. The molecule has 0 aliphatic carbocycles. The van der Waals surface area contributed by atoms with Gasteiger partial charge >= 0.3 is 109 Å². The Kier molecular flexibility index (Phi) is 34.9. The summed E-state index contributed by atoms with van der Waals surface area (Å²) in [5.74, 6) is -0.0405. The molecule has 2 heterocycles. The SMILES string of the molecule is C.CN1Cc2c(Cl)cc(Cl)cc2C(c2cccc(S(=O)(=O)Cl)c2)C1.CN1Cc2c(Cl)cc(Cl)cc2C(c2cccc(S(=O)(=O)NCCOCCN)c2)C1.NCCOCCN.[2H]C(=O)OO[CH-]F.[K+].[K+]. The van der Waals surface area contributed by atoms with Crippen LogP contribution in [0.3, 0.4) is 0 Å². The summed E-state index contributed by atoms with van der Waals surface area (Å²) >= 11 is 25.2. The number of nitrogens with zero attached hydrogens (tertiary/aromatic N) is 2. The predicted molar refractivity (Wildman–Crippen MR) is 260 cm³/mol. The minimum absolute atomic E-state index is 0. The van der Waals surface area contributed by atoms with Crippen LogP contribution in [0.25, 0.3) is 0 Å². The van der Waals surface area contributed by atoms with Crippen LogP contribution in [-0.2, 0) is 56.2 Å². The molecule has 15 nitrogen and oxygen atoms in total. The summed E-state index contributed by atoms with van der Waals surface area (Å²) in [7, 11) is 2.08. The van der Waals surface area contributed by atoms with Gasteiger partial charge in [-0.15, -0.1) is 0 Å². The second-order valence-electron chi connectivity index (χ2n) is 14.3. The minimum Gasteiger partial charge on any atom is -0.426 e. The van der Waals surface area contributed by atoms with Crippen LogP contribution in [0.15, 0.2) is 82.6 Å². The van der Waals surface area contributed by atoms with Gasteiger partial charge in [0.1, 0.15) is 0 Å². The van der Waals surface area contributed by atoms with Gasteiger partial charge in [-0.05, 0) is 103 Å². The number of hydrogen-bond acceptors (Lipinski definition) is 14. The summed E-state index contributed by atoms with van der Waals surface area (Å²) in [6.45, 7) is 6.28. The zero-order valence-electron chi connectivity index (χ0n) is 38.5. The van der Waals surface area contributed by atoms with Crippen LogP contribution in [0.2, 0.25) is 20.1 Å². The Morgan fingerprint density at radius 1 is 0.750 bits per heavy atom. The molecule has 4 aromatic carbocycles. The number of nitrogens with two attached hydrogens (primary N) is 3. The van der Waals surface area contributed by atoms with Crippen LogP contribution >= 0.6 is 57.1 Å². The number of carbonyl (C=O) groups excluding carboxylic acids is 1. The zero-order chi connectivity index (χ0) is 49.0. The topological polar surface area (TPSA) is 219 Å². The number of halogens is 6. The van der Waals surface area contributed by atoms with Crippen molar-refractivity contribution in [2.45, 2.75) is 42.1 Å². The third kappa shape index (κ3) is 23.0. The fourth-order valence-electron chi connectivity index (χ4n) is 6.87. The number of rotatable bonds is 16. The number of carbonyl (C=O) groups is 1. The molecule has 2 aliphatic rings. The maximum absolute atomic E-state index is 12.7. The average Bonchev–Trinajstić information content (AvgIpc) is 3.26. The molecule has 2 atom stereocenters. The molecular weight excluding hydrogens is 1080 g/mol. The number of hydrogen-bond donors (Lipinski definition) is 4. The van der Waals surface area contributed by atoms with Crippen LogP contribution in [0.5, 0.6) is 0 Å². The van der Waals surface area contributed by atoms with Gasteiger partial charge in [0, 0.05) is 95.0 Å². The van der Waals surface area contributed by atoms with Gasteiger partial charge in [-0.1, -0.05) is 78.1 Å². The van der Waals surface area contributed by atoms with E-state index < -0.39 is 25.5 Å². The number of likely N-dealkylation sites (N-methyl/N-ethyl adjacent to an activating group) is 2. The molecule has 4 aromatic rings. The fourth-order valence-corrected chi connectivity index (χ4v) is 9.88. The first-order chi connectivity index (χ1) is 31.3.